The van der Waals surface area contributed by atoms with Crippen LogP contribution >= 0.6 is 0 Å². The van der Waals surface area contributed by atoms with Gasteiger partial charge in [0.1, 0.15) is 0 Å². The Bertz CT molecular complexity index is 443. The second-order valence-electron chi connectivity index (χ2n) is 4.84. The molecule has 0 radical (unpaired) electrons. The fraction of sp³-hybridized carbons (Fsp3) is 0.467. The lowest BCUT2D eigenvalue weighted by molar-refractivity contribution is -0.122. The van der Waals surface area contributed by atoms with Gasteiger partial charge in [0.2, 0.25) is 11.8 Å². The summed E-state index contributed by atoms with van der Waals surface area (Å²) in [6.45, 7) is 3.98. The SMILES string of the molecule is CCCC[C@H](N)C(=O)NCc1ccc(NC(C)=O)cc1. The molecule has 1 aromatic carbocycles. The number of hydrogen-bond acceptors (Lipinski definition) is 3. The summed E-state index contributed by atoms with van der Waals surface area (Å²) in [7, 11) is 0. The first kappa shape index (κ1) is 16.2. The maximum atomic E-state index is 11.7. The molecule has 4 N–H and O–H groups in total. The van der Waals surface area contributed by atoms with Gasteiger partial charge in [-0.05, 0) is 24.1 Å². The van der Waals surface area contributed by atoms with Crippen molar-refractivity contribution in [1.29, 1.82) is 0 Å². The van der Waals surface area contributed by atoms with Gasteiger partial charge in [0.05, 0.1) is 6.04 Å². The fourth-order valence-electron chi connectivity index (χ4n) is 1.78. The van der Waals surface area contributed by atoms with Crippen molar-refractivity contribution in [2.24, 2.45) is 5.73 Å². The summed E-state index contributed by atoms with van der Waals surface area (Å²) < 4.78 is 0. The zero-order valence-electron chi connectivity index (χ0n) is 12.1. The smallest absolute Gasteiger partial charge is 0.237 e. The molecule has 5 nitrogen and oxygen atoms in total. The van der Waals surface area contributed by atoms with Crippen molar-refractivity contribution >= 4 is 17.5 Å². The Hall–Kier alpha value is -1.88. The summed E-state index contributed by atoms with van der Waals surface area (Å²) in [4.78, 5) is 22.6. The molecule has 0 spiro atoms. The molecule has 110 valence electrons. The van der Waals surface area contributed by atoms with Gasteiger partial charge >= 0.3 is 0 Å². The molecule has 1 aromatic rings. The van der Waals surface area contributed by atoms with E-state index in [1.807, 2.05) is 12.1 Å². The molecule has 0 aromatic heterocycles. The minimum atomic E-state index is -0.436. The molecular weight excluding hydrogens is 254 g/mol. The van der Waals surface area contributed by atoms with Crippen molar-refractivity contribution in [3.05, 3.63) is 29.8 Å². The van der Waals surface area contributed by atoms with Gasteiger partial charge in [-0.1, -0.05) is 31.9 Å². The number of hydrogen-bond donors (Lipinski definition) is 3. The lowest BCUT2D eigenvalue weighted by Crippen LogP contribution is -2.40. The second-order valence-corrected chi connectivity index (χ2v) is 4.84. The minimum absolute atomic E-state index is 0.104. The topological polar surface area (TPSA) is 84.2 Å². The molecule has 0 saturated heterocycles. The molecule has 0 fully saturated rings. The lowest BCUT2D eigenvalue weighted by Gasteiger charge is -2.12. The van der Waals surface area contributed by atoms with Crippen LogP contribution in [-0.2, 0) is 16.1 Å². The van der Waals surface area contributed by atoms with E-state index >= 15 is 0 Å². The van der Waals surface area contributed by atoms with Gasteiger partial charge in [0, 0.05) is 19.2 Å². The molecule has 20 heavy (non-hydrogen) atoms. The Labute approximate surface area is 119 Å². The highest BCUT2D eigenvalue weighted by Crippen LogP contribution is 2.09. The maximum absolute atomic E-state index is 11.7. The standard InChI is InChI=1S/C15H23N3O2/c1-3-4-5-14(16)15(20)17-10-12-6-8-13(9-7-12)18-11(2)19/h6-9,14H,3-5,10,16H2,1-2H3,(H,17,20)(H,18,19)/t14-/m0/s1. The average molecular weight is 277 g/mol. The number of carbonyl (C=O) groups excluding carboxylic acids is 2. The molecule has 0 saturated carbocycles. The third kappa shape index (κ3) is 5.84. The predicted molar refractivity (Wildman–Crippen MR) is 80.1 cm³/mol. The molecule has 0 heterocycles. The van der Waals surface area contributed by atoms with Gasteiger partial charge < -0.3 is 16.4 Å². The van der Waals surface area contributed by atoms with Crippen molar-refractivity contribution in [1.82, 2.24) is 5.32 Å². The summed E-state index contributed by atoms with van der Waals surface area (Å²) in [5.74, 6) is -0.225. The number of amides is 2. The van der Waals surface area contributed by atoms with Crippen LogP contribution in [0, 0.1) is 0 Å². The van der Waals surface area contributed by atoms with Crippen LogP contribution < -0.4 is 16.4 Å². The molecule has 2 amide bonds. The zero-order valence-corrected chi connectivity index (χ0v) is 12.1. The van der Waals surface area contributed by atoms with Crippen LogP contribution in [0.1, 0.15) is 38.7 Å². The number of rotatable bonds is 7. The second kappa shape index (κ2) is 8.32. The largest absolute Gasteiger partial charge is 0.351 e. The Balaban J connectivity index is 2.41. The van der Waals surface area contributed by atoms with E-state index in [2.05, 4.69) is 17.6 Å². The van der Waals surface area contributed by atoms with E-state index in [0.29, 0.717) is 13.0 Å². The van der Waals surface area contributed by atoms with Crippen molar-refractivity contribution in [3.63, 3.8) is 0 Å². The lowest BCUT2D eigenvalue weighted by atomic mass is 10.1. The Morgan fingerprint density at radius 2 is 1.90 bits per heavy atom. The van der Waals surface area contributed by atoms with Crippen LogP contribution in [-0.4, -0.2) is 17.9 Å². The Morgan fingerprint density at radius 3 is 2.45 bits per heavy atom. The normalized spacial score (nSPS) is 11.8. The predicted octanol–water partition coefficient (Wildman–Crippen LogP) is 1.78. The van der Waals surface area contributed by atoms with Crippen molar-refractivity contribution in [3.8, 4) is 0 Å². The number of benzene rings is 1. The molecule has 0 bridgehead atoms. The first-order valence-corrected chi connectivity index (χ1v) is 6.92. The third-order valence-corrected chi connectivity index (χ3v) is 2.95. The van der Waals surface area contributed by atoms with E-state index in [-0.39, 0.29) is 11.8 Å². The van der Waals surface area contributed by atoms with E-state index < -0.39 is 6.04 Å². The summed E-state index contributed by atoms with van der Waals surface area (Å²) >= 11 is 0. The Morgan fingerprint density at radius 1 is 1.25 bits per heavy atom. The van der Waals surface area contributed by atoms with E-state index in [1.165, 1.54) is 6.92 Å². The molecule has 1 atom stereocenters. The summed E-state index contributed by atoms with van der Waals surface area (Å²) in [6.07, 6.45) is 2.70. The number of carbonyl (C=O) groups is 2. The van der Waals surface area contributed by atoms with Gasteiger partial charge in [-0.15, -0.1) is 0 Å². The highest BCUT2D eigenvalue weighted by atomic mass is 16.2. The van der Waals surface area contributed by atoms with Gasteiger partial charge in [-0.3, -0.25) is 9.59 Å². The number of unbranched alkanes of at least 4 members (excludes halogenated alkanes) is 1. The van der Waals surface area contributed by atoms with E-state index in [4.69, 9.17) is 5.73 Å². The Kier molecular flexibility index (Phi) is 6.73. The summed E-state index contributed by atoms with van der Waals surface area (Å²) in [5.41, 5.74) is 7.50. The van der Waals surface area contributed by atoms with Crippen LogP contribution in [0.3, 0.4) is 0 Å². The summed E-state index contributed by atoms with van der Waals surface area (Å²) in [6, 6.07) is 6.90. The van der Waals surface area contributed by atoms with Crippen molar-refractivity contribution in [2.75, 3.05) is 5.32 Å². The van der Waals surface area contributed by atoms with E-state index in [9.17, 15) is 9.59 Å². The van der Waals surface area contributed by atoms with Crippen molar-refractivity contribution in [2.45, 2.75) is 45.7 Å². The highest BCUT2D eigenvalue weighted by molar-refractivity contribution is 5.88. The molecule has 5 heteroatoms. The summed E-state index contributed by atoms with van der Waals surface area (Å²) in [5, 5.41) is 5.51. The van der Waals surface area contributed by atoms with Gasteiger partial charge in [-0.25, -0.2) is 0 Å². The van der Waals surface area contributed by atoms with Crippen LogP contribution in [0.25, 0.3) is 0 Å². The van der Waals surface area contributed by atoms with E-state index in [0.717, 1.165) is 24.1 Å². The van der Waals surface area contributed by atoms with Crippen molar-refractivity contribution < 1.29 is 9.59 Å². The number of nitrogens with one attached hydrogen (secondary N) is 2. The van der Waals surface area contributed by atoms with Gasteiger partial charge in [0.25, 0.3) is 0 Å². The fourth-order valence-corrected chi connectivity index (χ4v) is 1.78. The molecule has 0 aliphatic rings. The monoisotopic (exact) mass is 277 g/mol. The number of anilines is 1. The highest BCUT2D eigenvalue weighted by Gasteiger charge is 2.11. The van der Waals surface area contributed by atoms with Crippen LogP contribution in [0.15, 0.2) is 24.3 Å². The molecule has 1 rings (SSSR count). The average Bonchev–Trinajstić information content (AvgIpc) is 2.43. The first-order chi connectivity index (χ1) is 9.52. The quantitative estimate of drug-likeness (QED) is 0.710. The third-order valence-electron chi connectivity index (χ3n) is 2.95. The van der Waals surface area contributed by atoms with Crippen LogP contribution in [0.5, 0.6) is 0 Å². The first-order valence-electron chi connectivity index (χ1n) is 6.92. The zero-order chi connectivity index (χ0) is 15.0. The van der Waals surface area contributed by atoms with Gasteiger partial charge in [0.15, 0.2) is 0 Å². The molecule has 0 aliphatic carbocycles. The van der Waals surface area contributed by atoms with E-state index in [1.54, 1.807) is 12.1 Å². The van der Waals surface area contributed by atoms with Crippen LogP contribution in [0.2, 0.25) is 0 Å². The molecular formula is C15H23N3O2. The van der Waals surface area contributed by atoms with Crippen LogP contribution in [0.4, 0.5) is 5.69 Å². The van der Waals surface area contributed by atoms with Gasteiger partial charge in [-0.2, -0.15) is 0 Å². The molecule has 0 unspecified atom stereocenters. The minimum Gasteiger partial charge on any atom is -0.351 e. The maximum Gasteiger partial charge on any atom is 0.237 e. The molecule has 0 aliphatic heterocycles. The number of nitrogens with two attached hydrogens (primary N) is 1.